The van der Waals surface area contributed by atoms with Crippen LogP contribution in [0.15, 0.2) is 43.1 Å². The van der Waals surface area contributed by atoms with E-state index in [0.717, 1.165) is 41.1 Å². The van der Waals surface area contributed by atoms with E-state index < -0.39 is 0 Å². The molecule has 0 fully saturated rings. The molecule has 26 heavy (non-hydrogen) atoms. The second-order valence-electron chi connectivity index (χ2n) is 6.76. The predicted octanol–water partition coefficient (Wildman–Crippen LogP) is 2.62. The van der Waals surface area contributed by atoms with Gasteiger partial charge in [-0.05, 0) is 37.1 Å². The minimum Gasteiger partial charge on any atom is -0.348 e. The summed E-state index contributed by atoms with van der Waals surface area (Å²) in [5.41, 5.74) is 6.47. The molecule has 4 aromatic rings. The lowest BCUT2D eigenvalue weighted by molar-refractivity contribution is 0.602. The summed E-state index contributed by atoms with van der Waals surface area (Å²) in [6.07, 6.45) is 8.33. The Balaban J connectivity index is 1.68. The first kappa shape index (κ1) is 15.1. The summed E-state index contributed by atoms with van der Waals surface area (Å²) in [4.78, 5) is 19.2. The van der Waals surface area contributed by atoms with Gasteiger partial charge in [-0.3, -0.25) is 0 Å². The molecule has 1 aliphatic heterocycles. The van der Waals surface area contributed by atoms with Crippen molar-refractivity contribution >= 4 is 11.5 Å². The third kappa shape index (κ3) is 2.28. The van der Waals surface area contributed by atoms with E-state index in [1.54, 1.807) is 6.33 Å². The first-order chi connectivity index (χ1) is 12.7. The lowest BCUT2D eigenvalue weighted by atomic mass is 10.00. The Labute approximate surface area is 150 Å². The average Bonchev–Trinajstić information content (AvgIpc) is 3.29. The van der Waals surface area contributed by atoms with Crippen molar-refractivity contribution in [1.29, 1.82) is 0 Å². The molecule has 0 saturated carbocycles. The number of fused-ring (bicyclic) bond motifs is 2. The van der Waals surface area contributed by atoms with Crippen LogP contribution >= 0.6 is 0 Å². The maximum atomic E-state index is 4.83. The van der Waals surface area contributed by atoms with Gasteiger partial charge < -0.3 is 9.88 Å². The molecule has 1 N–H and O–H groups in total. The predicted molar refractivity (Wildman–Crippen MR) is 98.2 cm³/mol. The number of aryl methyl sites for hydroxylation is 2. The Morgan fingerprint density at radius 3 is 2.81 bits per heavy atom. The van der Waals surface area contributed by atoms with Crippen LogP contribution in [0.5, 0.6) is 0 Å². The van der Waals surface area contributed by atoms with Gasteiger partial charge >= 0.3 is 0 Å². The maximum Gasteiger partial charge on any atom is 0.226 e. The number of anilines is 1. The highest BCUT2D eigenvalue weighted by molar-refractivity contribution is 5.57. The van der Waals surface area contributed by atoms with Crippen molar-refractivity contribution in [2.24, 2.45) is 0 Å². The highest BCUT2D eigenvalue weighted by Gasteiger charge is 2.34. The highest BCUT2D eigenvalue weighted by atomic mass is 15.3. The van der Waals surface area contributed by atoms with Crippen molar-refractivity contribution in [1.82, 2.24) is 29.5 Å². The minimum absolute atomic E-state index is 0.105. The van der Waals surface area contributed by atoms with Crippen LogP contribution in [0.1, 0.15) is 34.3 Å². The summed E-state index contributed by atoms with van der Waals surface area (Å²) < 4.78 is 1.93. The summed E-state index contributed by atoms with van der Waals surface area (Å²) >= 11 is 0. The van der Waals surface area contributed by atoms with Crippen LogP contribution in [0.25, 0.3) is 5.52 Å². The topological polar surface area (TPSA) is 75.0 Å². The number of nitrogens with one attached hydrogen (secondary N) is 1. The summed E-state index contributed by atoms with van der Waals surface area (Å²) in [7, 11) is 0. The molecule has 1 atom stereocenters. The highest BCUT2D eigenvalue weighted by Crippen LogP contribution is 2.35. The van der Waals surface area contributed by atoms with Crippen LogP contribution in [0.4, 0.5) is 5.95 Å². The molecule has 0 aliphatic carbocycles. The molecule has 130 valence electrons. The largest absolute Gasteiger partial charge is 0.348 e. The van der Waals surface area contributed by atoms with Crippen molar-refractivity contribution < 1.29 is 0 Å². The first-order valence-electron chi connectivity index (χ1n) is 8.73. The van der Waals surface area contributed by atoms with Crippen molar-refractivity contribution in [3.63, 3.8) is 0 Å². The van der Waals surface area contributed by atoms with Crippen LogP contribution in [-0.2, 0) is 6.42 Å². The molecule has 7 nitrogen and oxygen atoms in total. The normalized spacial score (nSPS) is 16.8. The second-order valence-corrected chi connectivity index (χ2v) is 6.76. The van der Waals surface area contributed by atoms with E-state index in [0.29, 0.717) is 5.95 Å². The van der Waals surface area contributed by atoms with Crippen LogP contribution in [0.3, 0.4) is 0 Å². The number of imidazole rings is 1. The van der Waals surface area contributed by atoms with Crippen molar-refractivity contribution in [2.45, 2.75) is 26.3 Å². The van der Waals surface area contributed by atoms with Crippen LogP contribution in [0, 0.1) is 13.8 Å². The number of hydrogen-bond donors (Lipinski definition) is 1. The van der Waals surface area contributed by atoms with Gasteiger partial charge in [0.05, 0.1) is 23.2 Å². The zero-order valence-electron chi connectivity index (χ0n) is 14.7. The summed E-state index contributed by atoms with van der Waals surface area (Å²) in [5, 5.41) is 4.83. The summed E-state index contributed by atoms with van der Waals surface area (Å²) in [6.45, 7) is 4.91. The van der Waals surface area contributed by atoms with Gasteiger partial charge in [0.25, 0.3) is 0 Å². The van der Waals surface area contributed by atoms with E-state index >= 15 is 0 Å². The Morgan fingerprint density at radius 2 is 2.00 bits per heavy atom. The molecule has 0 unspecified atom stereocenters. The fraction of sp³-hybridized carbons (Fsp3) is 0.263. The number of H-pyrrole nitrogens is 1. The Morgan fingerprint density at radius 1 is 1.15 bits per heavy atom. The van der Waals surface area contributed by atoms with Crippen molar-refractivity contribution in [2.75, 3.05) is 11.4 Å². The maximum absolute atomic E-state index is 4.83. The van der Waals surface area contributed by atoms with Gasteiger partial charge in [0, 0.05) is 37.3 Å². The molecule has 4 aromatic heterocycles. The third-order valence-electron chi connectivity index (χ3n) is 4.96. The fourth-order valence-corrected chi connectivity index (χ4v) is 3.64. The van der Waals surface area contributed by atoms with Crippen LogP contribution < -0.4 is 4.90 Å². The Bertz CT molecular complexity index is 1080. The van der Waals surface area contributed by atoms with Crippen molar-refractivity contribution in [3.8, 4) is 0 Å². The Kier molecular flexibility index (Phi) is 3.28. The van der Waals surface area contributed by atoms with Crippen molar-refractivity contribution in [3.05, 3.63) is 71.3 Å². The molecule has 5 rings (SSSR count). The molecule has 0 amide bonds. The van der Waals surface area contributed by atoms with E-state index in [-0.39, 0.29) is 6.04 Å². The van der Waals surface area contributed by atoms with E-state index in [1.165, 1.54) is 5.56 Å². The van der Waals surface area contributed by atoms with Gasteiger partial charge in [0.2, 0.25) is 5.95 Å². The molecule has 0 saturated heterocycles. The second kappa shape index (κ2) is 5.66. The first-order valence-corrected chi connectivity index (χ1v) is 8.73. The number of nitrogens with zero attached hydrogens (tertiary/aromatic N) is 6. The molecular formula is C19H19N7. The summed E-state index contributed by atoms with van der Waals surface area (Å²) in [6, 6.07) is 6.15. The number of pyridine rings is 1. The number of rotatable bonds is 2. The molecule has 5 heterocycles. The number of hydrogen-bond acceptors (Lipinski definition) is 5. The quantitative estimate of drug-likeness (QED) is 0.604. The van der Waals surface area contributed by atoms with Gasteiger partial charge in [-0.25, -0.2) is 19.5 Å². The van der Waals surface area contributed by atoms with E-state index in [9.17, 15) is 0 Å². The standard InChI is InChI=1S/C19H19N7/c1-12-9-20-19(21-10-12)25-7-5-14-17(23-11-22-14)18(25)15-8-16-13(2)4-3-6-26(16)24-15/h3-4,6,8-11,18H,5,7H2,1-2H3,(H,22,23)/t18-/m1/s1. The average molecular weight is 345 g/mol. The van der Waals surface area contributed by atoms with Crippen LogP contribution in [-0.4, -0.2) is 36.1 Å². The van der Waals surface area contributed by atoms with E-state index in [2.05, 4.69) is 43.9 Å². The van der Waals surface area contributed by atoms with Gasteiger partial charge in [-0.2, -0.15) is 5.10 Å². The zero-order valence-corrected chi connectivity index (χ0v) is 14.7. The lowest BCUT2D eigenvalue weighted by Gasteiger charge is -2.33. The molecular weight excluding hydrogens is 326 g/mol. The number of aromatic nitrogens is 6. The third-order valence-corrected chi connectivity index (χ3v) is 4.96. The van der Waals surface area contributed by atoms with Gasteiger partial charge in [0.15, 0.2) is 0 Å². The fourth-order valence-electron chi connectivity index (χ4n) is 3.64. The van der Waals surface area contributed by atoms with E-state index in [1.807, 2.05) is 36.1 Å². The SMILES string of the molecule is Cc1cnc(N2CCc3[nH]cnc3[C@H]2c2cc3c(C)cccn3n2)nc1. The zero-order chi connectivity index (χ0) is 17.7. The summed E-state index contributed by atoms with van der Waals surface area (Å²) in [5.74, 6) is 0.711. The minimum atomic E-state index is -0.105. The van der Waals surface area contributed by atoms with Crippen LogP contribution in [0.2, 0.25) is 0 Å². The molecule has 0 bridgehead atoms. The molecule has 0 radical (unpaired) electrons. The van der Waals surface area contributed by atoms with Gasteiger partial charge in [-0.15, -0.1) is 0 Å². The van der Waals surface area contributed by atoms with Gasteiger partial charge in [0.1, 0.15) is 6.04 Å². The van der Waals surface area contributed by atoms with Gasteiger partial charge in [-0.1, -0.05) is 6.07 Å². The molecule has 1 aliphatic rings. The Hall–Kier alpha value is -3.22. The monoisotopic (exact) mass is 345 g/mol. The molecule has 0 spiro atoms. The molecule has 0 aromatic carbocycles. The lowest BCUT2D eigenvalue weighted by Crippen LogP contribution is -2.37. The number of aromatic amines is 1. The molecule has 7 heteroatoms. The van der Waals surface area contributed by atoms with E-state index in [4.69, 9.17) is 5.10 Å². The smallest absolute Gasteiger partial charge is 0.226 e.